The number of anilines is 1. The minimum Gasteiger partial charge on any atom is -0.383 e. The third-order valence-electron chi connectivity index (χ3n) is 5.93. The summed E-state index contributed by atoms with van der Waals surface area (Å²) in [7, 11) is 0. The highest BCUT2D eigenvalue weighted by molar-refractivity contribution is 6.00. The van der Waals surface area contributed by atoms with Crippen LogP contribution in [-0.4, -0.2) is 38.5 Å². The van der Waals surface area contributed by atoms with E-state index >= 15 is 0 Å². The number of ketones is 1. The van der Waals surface area contributed by atoms with Crippen LogP contribution in [0.1, 0.15) is 41.7 Å². The molecule has 8 heteroatoms. The molecule has 164 valence electrons. The number of Topliss-reactive ketones (excluding diaryl/α,β-unsaturated/α-hetero) is 1. The number of pyridine rings is 1. The fraction of sp³-hybridized carbons (Fsp3) is 0.250. The Balaban J connectivity index is 0.00000245. The van der Waals surface area contributed by atoms with Crippen LogP contribution in [-0.2, 0) is 0 Å². The van der Waals surface area contributed by atoms with E-state index in [1.165, 1.54) is 0 Å². The van der Waals surface area contributed by atoms with Crippen molar-refractivity contribution in [3.05, 3.63) is 66.1 Å². The molecule has 0 bridgehead atoms. The Morgan fingerprint density at radius 2 is 1.81 bits per heavy atom. The first-order valence-corrected chi connectivity index (χ1v) is 10.5. The molecule has 1 aromatic carbocycles. The lowest BCUT2D eigenvalue weighted by Crippen LogP contribution is -2.28. The van der Waals surface area contributed by atoms with Gasteiger partial charge < -0.3 is 11.1 Å². The largest absolute Gasteiger partial charge is 0.383 e. The molecular formula is C24H25ClN6O. The normalized spacial score (nSPS) is 14.3. The van der Waals surface area contributed by atoms with Crippen molar-refractivity contribution in [3.63, 3.8) is 0 Å². The molecule has 3 aromatic heterocycles. The van der Waals surface area contributed by atoms with E-state index in [9.17, 15) is 4.79 Å². The molecule has 0 atom stereocenters. The van der Waals surface area contributed by atoms with Crippen LogP contribution in [0.4, 0.5) is 5.82 Å². The summed E-state index contributed by atoms with van der Waals surface area (Å²) in [5.74, 6) is 0.478. The first-order valence-electron chi connectivity index (χ1n) is 10.5. The Labute approximate surface area is 192 Å². The van der Waals surface area contributed by atoms with Crippen molar-refractivity contribution in [1.29, 1.82) is 0 Å². The maximum absolute atomic E-state index is 12.4. The van der Waals surface area contributed by atoms with Crippen LogP contribution in [0.15, 0.2) is 54.9 Å². The lowest BCUT2D eigenvalue weighted by atomic mass is 9.90. The molecule has 4 aromatic rings. The first-order chi connectivity index (χ1) is 15.1. The summed E-state index contributed by atoms with van der Waals surface area (Å²) in [6.45, 7) is 3.36. The maximum Gasteiger partial charge on any atom is 0.165 e. The zero-order valence-electron chi connectivity index (χ0n) is 17.8. The number of nitrogens with two attached hydrogens (primary N) is 1. The molecule has 0 unspecified atom stereocenters. The van der Waals surface area contributed by atoms with Gasteiger partial charge in [-0.3, -0.25) is 9.78 Å². The van der Waals surface area contributed by atoms with Gasteiger partial charge >= 0.3 is 0 Å². The number of fused-ring (bicyclic) bond motifs is 1. The van der Waals surface area contributed by atoms with Gasteiger partial charge in [0.05, 0.1) is 23.1 Å². The van der Waals surface area contributed by atoms with Crippen molar-refractivity contribution in [3.8, 4) is 22.4 Å². The number of benzene rings is 1. The summed E-state index contributed by atoms with van der Waals surface area (Å²) in [6.07, 6.45) is 5.44. The van der Waals surface area contributed by atoms with E-state index in [2.05, 4.69) is 15.4 Å². The molecule has 0 aliphatic carbocycles. The lowest BCUT2D eigenvalue weighted by molar-refractivity contribution is 0.101. The van der Waals surface area contributed by atoms with Crippen LogP contribution >= 0.6 is 12.4 Å². The number of nitrogens with one attached hydrogen (secondary N) is 1. The number of hydrogen-bond acceptors (Lipinski definition) is 6. The number of hydrogen-bond donors (Lipinski definition) is 2. The number of nitrogen functional groups attached to an aromatic ring is 1. The van der Waals surface area contributed by atoms with Gasteiger partial charge in [0, 0.05) is 28.8 Å². The SMILES string of the molecule is CC(=O)c1c(C2CCNCC2)nc2c(-c3ccc(-c4ccccc4)nc3)cnn2c1N.Cl. The highest BCUT2D eigenvalue weighted by Crippen LogP contribution is 2.33. The number of carbonyl (C=O) groups excluding carboxylic acids is 1. The topological polar surface area (TPSA) is 98.2 Å². The number of aromatic nitrogens is 4. The summed E-state index contributed by atoms with van der Waals surface area (Å²) in [5.41, 5.74) is 12.1. The number of rotatable bonds is 4. The Hall–Kier alpha value is -3.29. The van der Waals surface area contributed by atoms with Crippen LogP contribution in [0.2, 0.25) is 0 Å². The highest BCUT2D eigenvalue weighted by atomic mass is 35.5. The molecule has 1 fully saturated rings. The van der Waals surface area contributed by atoms with Crippen molar-refractivity contribution in [2.24, 2.45) is 0 Å². The van der Waals surface area contributed by atoms with E-state index in [0.717, 1.165) is 54.0 Å². The average Bonchev–Trinajstić information content (AvgIpc) is 3.24. The molecule has 0 saturated carbocycles. The molecule has 1 aliphatic rings. The Morgan fingerprint density at radius 3 is 2.47 bits per heavy atom. The summed E-state index contributed by atoms with van der Waals surface area (Å²) in [5, 5.41) is 7.81. The van der Waals surface area contributed by atoms with Gasteiger partial charge in [-0.1, -0.05) is 36.4 Å². The van der Waals surface area contributed by atoms with Crippen molar-refractivity contribution in [2.45, 2.75) is 25.7 Å². The Bertz CT molecular complexity index is 1250. The molecule has 1 aliphatic heterocycles. The average molecular weight is 449 g/mol. The van der Waals surface area contributed by atoms with Crippen molar-refractivity contribution < 1.29 is 4.79 Å². The molecule has 0 amide bonds. The fourth-order valence-corrected chi connectivity index (χ4v) is 4.32. The van der Waals surface area contributed by atoms with E-state index in [-0.39, 0.29) is 24.1 Å². The number of nitrogens with zero attached hydrogens (tertiary/aromatic N) is 4. The van der Waals surface area contributed by atoms with Gasteiger partial charge in [-0.25, -0.2) is 4.98 Å². The lowest BCUT2D eigenvalue weighted by Gasteiger charge is -2.24. The van der Waals surface area contributed by atoms with Crippen LogP contribution in [0.25, 0.3) is 28.0 Å². The Morgan fingerprint density at radius 1 is 1.06 bits per heavy atom. The smallest absolute Gasteiger partial charge is 0.165 e. The van der Waals surface area contributed by atoms with E-state index in [1.807, 2.05) is 48.7 Å². The molecule has 3 N–H and O–H groups in total. The minimum absolute atomic E-state index is 0. The van der Waals surface area contributed by atoms with Gasteiger partial charge in [-0.15, -0.1) is 12.4 Å². The summed E-state index contributed by atoms with van der Waals surface area (Å²) in [4.78, 5) is 22.0. The van der Waals surface area contributed by atoms with Crippen LogP contribution in [0.5, 0.6) is 0 Å². The van der Waals surface area contributed by atoms with E-state index in [0.29, 0.717) is 17.0 Å². The quantitative estimate of drug-likeness (QED) is 0.455. The summed E-state index contributed by atoms with van der Waals surface area (Å²) >= 11 is 0. The summed E-state index contributed by atoms with van der Waals surface area (Å²) < 4.78 is 1.57. The Kier molecular flexibility index (Phi) is 6.21. The standard InChI is InChI=1S/C24H24N6O.ClH/c1-15(31)21-22(17-9-11-26-12-10-17)29-24-19(14-28-30(24)23(21)25)18-7-8-20(27-13-18)16-5-3-2-4-6-16;/h2-8,13-14,17,26H,9-12,25H2,1H3;1H. The highest BCUT2D eigenvalue weighted by Gasteiger charge is 2.26. The van der Waals surface area contributed by atoms with Gasteiger partial charge in [-0.2, -0.15) is 9.61 Å². The number of halogens is 1. The zero-order chi connectivity index (χ0) is 21.4. The molecule has 0 radical (unpaired) electrons. The molecule has 5 rings (SSSR count). The van der Waals surface area contributed by atoms with Gasteiger partial charge in [0.1, 0.15) is 5.82 Å². The first kappa shape index (κ1) is 21.9. The van der Waals surface area contributed by atoms with E-state index in [1.54, 1.807) is 17.6 Å². The van der Waals surface area contributed by atoms with Gasteiger partial charge in [-0.05, 0) is 38.9 Å². The molecule has 1 saturated heterocycles. The fourth-order valence-electron chi connectivity index (χ4n) is 4.32. The maximum atomic E-state index is 12.4. The second-order valence-electron chi connectivity index (χ2n) is 7.93. The third kappa shape index (κ3) is 3.85. The monoisotopic (exact) mass is 448 g/mol. The van der Waals surface area contributed by atoms with Gasteiger partial charge in [0.15, 0.2) is 11.4 Å². The molecule has 4 heterocycles. The van der Waals surface area contributed by atoms with E-state index in [4.69, 9.17) is 10.7 Å². The van der Waals surface area contributed by atoms with Crippen molar-refractivity contribution in [2.75, 3.05) is 18.8 Å². The third-order valence-corrected chi connectivity index (χ3v) is 5.93. The zero-order valence-corrected chi connectivity index (χ0v) is 18.6. The van der Waals surface area contributed by atoms with Gasteiger partial charge in [0.2, 0.25) is 0 Å². The second kappa shape index (κ2) is 9.06. The molecule has 0 spiro atoms. The van der Waals surface area contributed by atoms with Crippen LogP contribution in [0.3, 0.4) is 0 Å². The molecular weight excluding hydrogens is 424 g/mol. The predicted octanol–water partition coefficient (Wildman–Crippen LogP) is 4.13. The van der Waals surface area contributed by atoms with Crippen LogP contribution in [0, 0.1) is 0 Å². The summed E-state index contributed by atoms with van der Waals surface area (Å²) in [6, 6.07) is 14.1. The second-order valence-corrected chi connectivity index (χ2v) is 7.93. The number of carbonyl (C=O) groups is 1. The van der Waals surface area contributed by atoms with Gasteiger partial charge in [0.25, 0.3) is 0 Å². The molecule has 7 nitrogen and oxygen atoms in total. The van der Waals surface area contributed by atoms with E-state index < -0.39 is 0 Å². The van der Waals surface area contributed by atoms with Crippen molar-refractivity contribution >= 4 is 29.7 Å². The van der Waals surface area contributed by atoms with Crippen LogP contribution < -0.4 is 11.1 Å². The van der Waals surface area contributed by atoms with Crippen molar-refractivity contribution in [1.82, 2.24) is 24.9 Å². The predicted molar refractivity (Wildman–Crippen MR) is 128 cm³/mol. The minimum atomic E-state index is -0.0774. The number of piperidine rings is 1. The molecule has 32 heavy (non-hydrogen) atoms.